The van der Waals surface area contributed by atoms with Crippen LogP contribution in [-0.4, -0.2) is 14.8 Å². The summed E-state index contributed by atoms with van der Waals surface area (Å²) in [6.45, 7) is 0. The number of nitrogens with zero attached hydrogens (tertiary/aromatic N) is 2. The number of aryl methyl sites for hydroxylation is 2. The van der Waals surface area contributed by atoms with E-state index in [0.717, 1.165) is 36.2 Å². The number of rotatable bonds is 1. The zero-order valence-corrected chi connectivity index (χ0v) is 11.4. The van der Waals surface area contributed by atoms with E-state index in [2.05, 4.69) is 10.1 Å². The zero-order valence-electron chi connectivity index (χ0n) is 10.7. The standard InChI is InChI=1S/C15H12ClN3O/c16-9-4-6-10(7-5-9)19-15(20)12-8-17-13-3-1-2-11(13)14(12)18-19/h4-8,18H,1-3H2. The summed E-state index contributed by atoms with van der Waals surface area (Å²) < 4.78 is 1.56. The van der Waals surface area contributed by atoms with E-state index in [1.807, 2.05) is 12.1 Å². The van der Waals surface area contributed by atoms with E-state index in [1.165, 1.54) is 5.56 Å². The molecule has 4 rings (SSSR count). The summed E-state index contributed by atoms with van der Waals surface area (Å²) in [5.41, 5.74) is 3.94. The Kier molecular flexibility index (Phi) is 2.47. The normalized spacial score (nSPS) is 13.8. The van der Waals surface area contributed by atoms with Gasteiger partial charge in [0.05, 0.1) is 16.6 Å². The van der Waals surface area contributed by atoms with Crippen LogP contribution in [0.2, 0.25) is 5.02 Å². The van der Waals surface area contributed by atoms with Crippen molar-refractivity contribution >= 4 is 22.5 Å². The third-order valence-electron chi connectivity index (χ3n) is 3.85. The molecule has 0 atom stereocenters. The first-order valence-corrected chi connectivity index (χ1v) is 6.99. The SMILES string of the molecule is O=c1c2cnc3c(c2[nH]n1-c1ccc(Cl)cc1)CCC3. The van der Waals surface area contributed by atoms with E-state index in [-0.39, 0.29) is 5.56 Å². The van der Waals surface area contributed by atoms with Crippen molar-refractivity contribution in [1.82, 2.24) is 14.8 Å². The van der Waals surface area contributed by atoms with Gasteiger partial charge in [0.15, 0.2) is 0 Å². The molecule has 4 nitrogen and oxygen atoms in total. The highest BCUT2D eigenvalue weighted by Crippen LogP contribution is 2.26. The molecule has 0 saturated carbocycles. The average molecular weight is 286 g/mol. The van der Waals surface area contributed by atoms with Gasteiger partial charge < -0.3 is 0 Å². The van der Waals surface area contributed by atoms with Crippen LogP contribution in [0.25, 0.3) is 16.6 Å². The molecule has 0 amide bonds. The molecule has 5 heteroatoms. The van der Waals surface area contributed by atoms with E-state index in [9.17, 15) is 4.79 Å². The number of hydrogen-bond donors (Lipinski definition) is 1. The Bertz CT molecular complexity index is 861. The van der Waals surface area contributed by atoms with Gasteiger partial charge in [-0.25, -0.2) is 4.68 Å². The van der Waals surface area contributed by atoms with Crippen LogP contribution in [0.1, 0.15) is 17.7 Å². The summed E-state index contributed by atoms with van der Waals surface area (Å²) in [4.78, 5) is 16.9. The molecule has 2 aromatic heterocycles. The first-order valence-electron chi connectivity index (χ1n) is 6.61. The van der Waals surface area contributed by atoms with Crippen LogP contribution >= 0.6 is 11.6 Å². The molecule has 0 bridgehead atoms. The van der Waals surface area contributed by atoms with Gasteiger partial charge in [-0.2, -0.15) is 0 Å². The summed E-state index contributed by atoms with van der Waals surface area (Å²) in [6.07, 6.45) is 4.78. The van der Waals surface area contributed by atoms with Gasteiger partial charge in [-0.1, -0.05) is 11.6 Å². The predicted octanol–water partition coefficient (Wildman–Crippen LogP) is 2.86. The van der Waals surface area contributed by atoms with Crippen LogP contribution in [0.4, 0.5) is 0 Å². The van der Waals surface area contributed by atoms with Crippen molar-refractivity contribution < 1.29 is 0 Å². The minimum atomic E-state index is -0.0653. The lowest BCUT2D eigenvalue weighted by molar-refractivity contribution is 0.858. The highest BCUT2D eigenvalue weighted by Gasteiger charge is 2.19. The van der Waals surface area contributed by atoms with Gasteiger partial charge in [0, 0.05) is 16.9 Å². The van der Waals surface area contributed by atoms with Crippen molar-refractivity contribution in [3.05, 3.63) is 57.1 Å². The Labute approximate surface area is 120 Å². The molecule has 1 aliphatic rings. The molecule has 0 unspecified atom stereocenters. The first-order chi connectivity index (χ1) is 9.74. The number of hydrogen-bond acceptors (Lipinski definition) is 2. The molecule has 0 fully saturated rings. The number of nitrogens with one attached hydrogen (secondary N) is 1. The summed E-state index contributed by atoms with van der Waals surface area (Å²) in [5.74, 6) is 0. The van der Waals surface area contributed by atoms with Crippen molar-refractivity contribution in [3.63, 3.8) is 0 Å². The molecule has 20 heavy (non-hydrogen) atoms. The predicted molar refractivity (Wildman–Crippen MR) is 78.7 cm³/mol. The molecule has 1 aromatic carbocycles. The van der Waals surface area contributed by atoms with Crippen LogP contribution in [0.15, 0.2) is 35.3 Å². The lowest BCUT2D eigenvalue weighted by Crippen LogP contribution is -2.14. The number of pyridine rings is 1. The smallest absolute Gasteiger partial charge is 0.280 e. The third kappa shape index (κ3) is 1.61. The largest absolute Gasteiger partial charge is 0.290 e. The maximum atomic E-state index is 12.5. The molecule has 0 spiro atoms. The molecule has 100 valence electrons. The number of benzene rings is 1. The quantitative estimate of drug-likeness (QED) is 0.747. The molecule has 0 aliphatic heterocycles. The monoisotopic (exact) mass is 285 g/mol. The van der Waals surface area contributed by atoms with E-state index in [4.69, 9.17) is 11.6 Å². The second-order valence-electron chi connectivity index (χ2n) is 5.05. The number of aromatic amines is 1. The van der Waals surface area contributed by atoms with Crippen molar-refractivity contribution in [2.24, 2.45) is 0 Å². The lowest BCUT2D eigenvalue weighted by atomic mass is 10.2. The van der Waals surface area contributed by atoms with E-state index >= 15 is 0 Å². The number of aromatic nitrogens is 3. The van der Waals surface area contributed by atoms with Gasteiger partial charge in [0.1, 0.15) is 0 Å². The molecule has 1 N–H and O–H groups in total. The molecule has 0 saturated heterocycles. The first kappa shape index (κ1) is 11.7. The number of fused-ring (bicyclic) bond motifs is 3. The van der Waals surface area contributed by atoms with Crippen LogP contribution in [-0.2, 0) is 12.8 Å². The Hall–Kier alpha value is -2.07. The van der Waals surface area contributed by atoms with Gasteiger partial charge in [0.2, 0.25) is 0 Å². The summed E-state index contributed by atoms with van der Waals surface area (Å²) in [6, 6.07) is 7.20. The Balaban J connectivity index is 2.00. The Morgan fingerprint density at radius 3 is 2.80 bits per heavy atom. The summed E-state index contributed by atoms with van der Waals surface area (Å²) in [7, 11) is 0. The van der Waals surface area contributed by atoms with Crippen LogP contribution in [0.3, 0.4) is 0 Å². The fourth-order valence-corrected chi connectivity index (χ4v) is 2.98. The molecule has 1 aliphatic carbocycles. The fraction of sp³-hybridized carbons (Fsp3) is 0.200. The van der Waals surface area contributed by atoms with Crippen molar-refractivity contribution in [3.8, 4) is 5.69 Å². The van der Waals surface area contributed by atoms with Gasteiger partial charge in [-0.3, -0.25) is 14.9 Å². The molecule has 2 heterocycles. The molecule has 0 radical (unpaired) electrons. The van der Waals surface area contributed by atoms with Crippen LogP contribution in [0, 0.1) is 0 Å². The van der Waals surface area contributed by atoms with E-state index in [0.29, 0.717) is 10.4 Å². The van der Waals surface area contributed by atoms with E-state index < -0.39 is 0 Å². The molecular weight excluding hydrogens is 274 g/mol. The summed E-state index contributed by atoms with van der Waals surface area (Å²) in [5, 5.41) is 4.53. The third-order valence-corrected chi connectivity index (χ3v) is 4.10. The molecule has 3 aromatic rings. The second-order valence-corrected chi connectivity index (χ2v) is 5.49. The Morgan fingerprint density at radius 1 is 1.20 bits per heavy atom. The van der Waals surface area contributed by atoms with E-state index in [1.54, 1.807) is 23.0 Å². The minimum absolute atomic E-state index is 0.0653. The number of halogens is 1. The highest BCUT2D eigenvalue weighted by molar-refractivity contribution is 6.30. The van der Waals surface area contributed by atoms with Gasteiger partial charge in [-0.05, 0) is 49.1 Å². The average Bonchev–Trinajstić information content (AvgIpc) is 3.04. The van der Waals surface area contributed by atoms with Gasteiger partial charge in [-0.15, -0.1) is 0 Å². The molecular formula is C15H12ClN3O. The van der Waals surface area contributed by atoms with Gasteiger partial charge in [0.25, 0.3) is 5.56 Å². The van der Waals surface area contributed by atoms with Crippen molar-refractivity contribution in [2.45, 2.75) is 19.3 Å². The maximum absolute atomic E-state index is 12.5. The maximum Gasteiger partial charge on any atom is 0.280 e. The second kappa shape index (κ2) is 4.21. The highest BCUT2D eigenvalue weighted by atomic mass is 35.5. The topological polar surface area (TPSA) is 50.7 Å². The Morgan fingerprint density at radius 2 is 2.00 bits per heavy atom. The van der Waals surface area contributed by atoms with Crippen molar-refractivity contribution in [2.75, 3.05) is 0 Å². The summed E-state index contributed by atoms with van der Waals surface area (Å²) >= 11 is 5.89. The minimum Gasteiger partial charge on any atom is -0.290 e. The van der Waals surface area contributed by atoms with Crippen LogP contribution < -0.4 is 5.56 Å². The fourth-order valence-electron chi connectivity index (χ4n) is 2.85. The number of H-pyrrole nitrogens is 1. The zero-order chi connectivity index (χ0) is 13.7. The van der Waals surface area contributed by atoms with Crippen molar-refractivity contribution in [1.29, 1.82) is 0 Å². The lowest BCUT2D eigenvalue weighted by Gasteiger charge is -2.01. The van der Waals surface area contributed by atoms with Gasteiger partial charge >= 0.3 is 0 Å². The van der Waals surface area contributed by atoms with Crippen LogP contribution in [0.5, 0.6) is 0 Å².